The van der Waals surface area contributed by atoms with E-state index in [1.54, 1.807) is 0 Å². The molecule has 1 aliphatic heterocycles. The van der Waals surface area contributed by atoms with Crippen LogP contribution in [0.25, 0.3) is 0 Å². The molecule has 0 saturated heterocycles. The number of rotatable bonds is 5. The minimum absolute atomic E-state index is 0.0608. The molecular formula is C15H16N2O5S. The number of benzene rings is 1. The van der Waals surface area contributed by atoms with Crippen LogP contribution in [-0.2, 0) is 16.4 Å². The number of carbonyl (C=O) groups excluding carboxylic acids is 1. The monoisotopic (exact) mass is 336 g/mol. The molecule has 1 aromatic heterocycles. The summed E-state index contributed by atoms with van der Waals surface area (Å²) in [6.07, 6.45) is 0.570. The Balaban J connectivity index is 1.59. The van der Waals surface area contributed by atoms with Crippen molar-refractivity contribution in [1.29, 1.82) is 0 Å². The van der Waals surface area contributed by atoms with Crippen LogP contribution in [0.5, 0.6) is 5.75 Å². The van der Waals surface area contributed by atoms with E-state index in [1.807, 2.05) is 24.3 Å². The van der Waals surface area contributed by atoms with Gasteiger partial charge in [0.05, 0.1) is 6.54 Å². The maximum absolute atomic E-state index is 12.0. The Morgan fingerprint density at radius 1 is 1.26 bits per heavy atom. The molecule has 23 heavy (non-hydrogen) atoms. The number of amides is 1. The van der Waals surface area contributed by atoms with Crippen molar-refractivity contribution in [3.63, 3.8) is 0 Å². The van der Waals surface area contributed by atoms with Gasteiger partial charge in [-0.1, -0.05) is 18.2 Å². The second-order valence-electron chi connectivity index (χ2n) is 5.09. The van der Waals surface area contributed by atoms with Crippen LogP contribution in [0.1, 0.15) is 16.1 Å². The van der Waals surface area contributed by atoms with Gasteiger partial charge in [0.15, 0.2) is 5.76 Å². The molecular weight excluding hydrogens is 320 g/mol. The quantitative estimate of drug-likeness (QED) is 0.846. The van der Waals surface area contributed by atoms with E-state index in [1.165, 1.54) is 19.2 Å². The predicted molar refractivity (Wildman–Crippen MR) is 81.8 cm³/mol. The molecule has 122 valence electrons. The lowest BCUT2D eigenvalue weighted by Gasteiger charge is -2.11. The van der Waals surface area contributed by atoms with Crippen molar-refractivity contribution < 1.29 is 22.4 Å². The summed E-state index contributed by atoms with van der Waals surface area (Å²) >= 11 is 0. The first-order chi connectivity index (χ1) is 11.0. The molecule has 0 bridgehead atoms. The van der Waals surface area contributed by atoms with Gasteiger partial charge in [-0.05, 0) is 30.8 Å². The van der Waals surface area contributed by atoms with Gasteiger partial charge in [0.25, 0.3) is 15.9 Å². The van der Waals surface area contributed by atoms with E-state index in [4.69, 9.17) is 9.15 Å². The van der Waals surface area contributed by atoms with Crippen molar-refractivity contribution in [2.75, 3.05) is 13.6 Å². The number of ether oxygens (including phenoxy) is 1. The smallest absolute Gasteiger partial charge is 0.287 e. The highest BCUT2D eigenvalue weighted by Gasteiger charge is 2.24. The van der Waals surface area contributed by atoms with Gasteiger partial charge in [0.1, 0.15) is 11.9 Å². The highest BCUT2D eigenvalue weighted by Crippen LogP contribution is 2.27. The molecule has 0 fully saturated rings. The van der Waals surface area contributed by atoms with Crippen LogP contribution in [0.3, 0.4) is 0 Å². The van der Waals surface area contributed by atoms with Crippen molar-refractivity contribution in [3.05, 3.63) is 47.7 Å². The minimum atomic E-state index is -3.70. The standard InChI is InChI=1S/C15H16N2O5S/c1-16-23(19,20)14-7-6-13(22-14)15(18)17-9-11-8-10-4-2-3-5-12(10)21-11/h2-7,11,16H,8-9H2,1H3,(H,17,18)/t11-/m0/s1. The van der Waals surface area contributed by atoms with Gasteiger partial charge in [-0.3, -0.25) is 4.79 Å². The Bertz CT molecular complexity index is 803. The lowest BCUT2D eigenvalue weighted by atomic mass is 10.1. The Kier molecular flexibility index (Phi) is 4.10. The number of sulfonamides is 1. The second-order valence-corrected chi connectivity index (χ2v) is 6.91. The van der Waals surface area contributed by atoms with E-state index >= 15 is 0 Å². The number of hydrogen-bond acceptors (Lipinski definition) is 5. The van der Waals surface area contributed by atoms with Crippen LogP contribution in [0.4, 0.5) is 0 Å². The molecule has 2 heterocycles. The van der Waals surface area contributed by atoms with Gasteiger partial charge in [0.2, 0.25) is 5.09 Å². The zero-order chi connectivity index (χ0) is 16.4. The molecule has 1 aromatic carbocycles. The van der Waals surface area contributed by atoms with E-state index < -0.39 is 15.9 Å². The third-order valence-electron chi connectivity index (χ3n) is 3.54. The van der Waals surface area contributed by atoms with Crippen LogP contribution in [0.15, 0.2) is 45.9 Å². The number of nitrogens with one attached hydrogen (secondary N) is 2. The summed E-state index contributed by atoms with van der Waals surface area (Å²) in [5, 5.41) is 2.39. The minimum Gasteiger partial charge on any atom is -0.488 e. The molecule has 1 atom stereocenters. The van der Waals surface area contributed by atoms with Crippen LogP contribution < -0.4 is 14.8 Å². The van der Waals surface area contributed by atoms with Gasteiger partial charge < -0.3 is 14.5 Å². The SMILES string of the molecule is CNS(=O)(=O)c1ccc(C(=O)NC[C@@H]2Cc3ccccc3O2)o1. The zero-order valence-electron chi connectivity index (χ0n) is 12.4. The van der Waals surface area contributed by atoms with Gasteiger partial charge in [-0.15, -0.1) is 0 Å². The zero-order valence-corrected chi connectivity index (χ0v) is 13.2. The fourth-order valence-corrected chi connectivity index (χ4v) is 3.00. The fraction of sp³-hybridized carbons (Fsp3) is 0.267. The first-order valence-electron chi connectivity index (χ1n) is 7.06. The molecule has 0 radical (unpaired) electrons. The first-order valence-corrected chi connectivity index (χ1v) is 8.54. The molecule has 2 N–H and O–H groups in total. The largest absolute Gasteiger partial charge is 0.488 e. The van der Waals surface area contributed by atoms with Crippen molar-refractivity contribution in [1.82, 2.24) is 10.0 Å². The molecule has 3 rings (SSSR count). The Hall–Kier alpha value is -2.32. The predicted octanol–water partition coefficient (Wildman–Crippen LogP) is 0.921. The second kappa shape index (κ2) is 6.05. The van der Waals surface area contributed by atoms with Crippen LogP contribution in [0.2, 0.25) is 0 Å². The maximum Gasteiger partial charge on any atom is 0.287 e. The number of furan rings is 1. The molecule has 0 aliphatic carbocycles. The molecule has 0 unspecified atom stereocenters. The summed E-state index contributed by atoms with van der Waals surface area (Å²) in [4.78, 5) is 12.0. The summed E-state index contributed by atoms with van der Waals surface area (Å²) < 4.78 is 36.1. The third kappa shape index (κ3) is 3.22. The summed E-state index contributed by atoms with van der Waals surface area (Å²) in [6.45, 7) is 0.308. The lowest BCUT2D eigenvalue weighted by Crippen LogP contribution is -2.34. The average molecular weight is 336 g/mol. The molecule has 0 spiro atoms. The first kappa shape index (κ1) is 15.6. The maximum atomic E-state index is 12.0. The molecule has 2 aromatic rings. The Labute approximate surface area is 133 Å². The van der Waals surface area contributed by atoms with E-state index in [2.05, 4.69) is 10.0 Å². The Morgan fingerprint density at radius 3 is 2.78 bits per heavy atom. The van der Waals surface area contributed by atoms with E-state index in [-0.39, 0.29) is 17.0 Å². The van der Waals surface area contributed by atoms with Crippen molar-refractivity contribution in [2.45, 2.75) is 17.6 Å². The average Bonchev–Trinajstić information content (AvgIpc) is 3.19. The van der Waals surface area contributed by atoms with Gasteiger partial charge in [-0.25, -0.2) is 13.1 Å². The van der Waals surface area contributed by atoms with Gasteiger partial charge in [-0.2, -0.15) is 0 Å². The topological polar surface area (TPSA) is 97.6 Å². The highest BCUT2D eigenvalue weighted by atomic mass is 32.2. The molecule has 8 heteroatoms. The molecule has 1 amide bonds. The Morgan fingerprint density at radius 2 is 2.04 bits per heavy atom. The number of hydrogen-bond donors (Lipinski definition) is 2. The molecule has 1 aliphatic rings. The number of para-hydroxylation sites is 1. The summed E-state index contributed by atoms with van der Waals surface area (Å²) in [5.74, 6) is 0.281. The lowest BCUT2D eigenvalue weighted by molar-refractivity contribution is 0.0900. The van der Waals surface area contributed by atoms with E-state index in [9.17, 15) is 13.2 Å². The van der Waals surface area contributed by atoms with Crippen LogP contribution in [0, 0.1) is 0 Å². The van der Waals surface area contributed by atoms with E-state index in [0.29, 0.717) is 13.0 Å². The van der Waals surface area contributed by atoms with Gasteiger partial charge in [0, 0.05) is 6.42 Å². The van der Waals surface area contributed by atoms with Crippen molar-refractivity contribution in [2.24, 2.45) is 0 Å². The third-order valence-corrected chi connectivity index (χ3v) is 4.83. The highest BCUT2D eigenvalue weighted by molar-refractivity contribution is 7.89. The van der Waals surface area contributed by atoms with Crippen LogP contribution in [-0.4, -0.2) is 34.0 Å². The van der Waals surface area contributed by atoms with Crippen molar-refractivity contribution in [3.8, 4) is 5.75 Å². The summed E-state index contributed by atoms with van der Waals surface area (Å²) in [5.41, 5.74) is 1.10. The molecule has 7 nitrogen and oxygen atoms in total. The normalized spacial score (nSPS) is 16.7. The summed E-state index contributed by atoms with van der Waals surface area (Å²) in [6, 6.07) is 10.3. The number of fused-ring (bicyclic) bond motifs is 1. The van der Waals surface area contributed by atoms with Gasteiger partial charge >= 0.3 is 0 Å². The van der Waals surface area contributed by atoms with E-state index in [0.717, 1.165) is 11.3 Å². The fourth-order valence-electron chi connectivity index (χ4n) is 2.35. The summed E-state index contributed by atoms with van der Waals surface area (Å²) in [7, 11) is -2.43. The van der Waals surface area contributed by atoms with Crippen molar-refractivity contribution >= 4 is 15.9 Å². The number of carbonyl (C=O) groups is 1. The molecule has 0 saturated carbocycles. The van der Waals surface area contributed by atoms with Crippen LogP contribution >= 0.6 is 0 Å².